The number of hydrogen-bond acceptors (Lipinski definition) is 9. The predicted octanol–water partition coefficient (Wildman–Crippen LogP) is 2.78. The highest BCUT2D eigenvalue weighted by atomic mass is 16.6. The largest absolute Gasteiger partial charge is 0.402 e. The van der Waals surface area contributed by atoms with E-state index in [0.717, 1.165) is 4.79 Å². The summed E-state index contributed by atoms with van der Waals surface area (Å²) in [6, 6.07) is 10.1. The zero-order chi connectivity index (χ0) is 21.8. The third-order valence-electron chi connectivity index (χ3n) is 4.12. The van der Waals surface area contributed by atoms with Gasteiger partial charge in [0, 0.05) is 29.8 Å². The van der Waals surface area contributed by atoms with Gasteiger partial charge in [0.05, 0.1) is 26.8 Å². The molecule has 12 nitrogen and oxygen atoms in total. The van der Waals surface area contributed by atoms with Crippen LogP contribution in [0.25, 0.3) is 0 Å². The molecule has 0 aliphatic heterocycles. The molecular weight excluding hydrogens is 396 g/mol. The van der Waals surface area contributed by atoms with Crippen LogP contribution < -0.4 is 0 Å². The van der Waals surface area contributed by atoms with Crippen molar-refractivity contribution < 1.29 is 19.4 Å². The van der Waals surface area contributed by atoms with Crippen molar-refractivity contribution in [3.63, 3.8) is 0 Å². The molecule has 0 atom stereocenters. The quantitative estimate of drug-likeness (QED) is 0.204. The molecule has 0 aliphatic rings. The maximum Gasteiger partial charge on any atom is 0.344 e. The van der Waals surface area contributed by atoms with Gasteiger partial charge in [-0.3, -0.25) is 20.2 Å². The highest BCUT2D eigenvalue weighted by molar-refractivity contribution is 6.05. The molecule has 0 unspecified atom stereocenters. The monoisotopic (exact) mass is 410 g/mol. The fraction of sp³-hybridized carbons (Fsp3) is 0.111. The van der Waals surface area contributed by atoms with Crippen LogP contribution >= 0.6 is 0 Å². The lowest BCUT2D eigenvalue weighted by Crippen LogP contribution is -2.16. The Hall–Kier alpha value is -4.48. The van der Waals surface area contributed by atoms with E-state index in [4.69, 9.17) is 4.74 Å². The summed E-state index contributed by atoms with van der Waals surface area (Å²) in [4.78, 5) is 34.2. The number of benzene rings is 2. The highest BCUT2D eigenvalue weighted by Gasteiger charge is 2.18. The van der Waals surface area contributed by atoms with Gasteiger partial charge in [-0.15, -0.1) is 15.0 Å². The average Bonchev–Trinajstić information content (AvgIpc) is 3.05. The minimum atomic E-state index is -0.823. The molecule has 0 saturated heterocycles. The van der Waals surface area contributed by atoms with Gasteiger partial charge < -0.3 is 4.74 Å². The van der Waals surface area contributed by atoms with E-state index in [0.29, 0.717) is 11.4 Å². The van der Waals surface area contributed by atoms with Crippen molar-refractivity contribution in [2.24, 2.45) is 5.10 Å². The van der Waals surface area contributed by atoms with Gasteiger partial charge in [-0.05, 0) is 43.3 Å². The third-order valence-corrected chi connectivity index (χ3v) is 4.12. The number of ether oxygens (including phenoxy) is 1. The molecule has 0 amide bonds. The molecule has 0 spiro atoms. The molecule has 0 saturated carbocycles. The van der Waals surface area contributed by atoms with Crippen LogP contribution in [0.5, 0.6) is 0 Å². The Balaban J connectivity index is 1.96. The van der Waals surface area contributed by atoms with Crippen LogP contribution in [0.1, 0.15) is 27.3 Å². The van der Waals surface area contributed by atoms with Crippen molar-refractivity contribution in [3.8, 4) is 0 Å². The number of carbonyl (C=O) groups is 1. The number of carbonyl (C=O) groups excluding carboxylic acids is 1. The lowest BCUT2D eigenvalue weighted by Gasteiger charge is -2.08. The minimum absolute atomic E-state index is 0.0571. The number of rotatable bonds is 5. The first-order valence-electron chi connectivity index (χ1n) is 8.45. The van der Waals surface area contributed by atoms with E-state index in [1.54, 1.807) is 13.8 Å². The molecule has 30 heavy (non-hydrogen) atoms. The molecule has 0 radical (unpaired) electrons. The minimum Gasteiger partial charge on any atom is -0.402 e. The summed E-state index contributed by atoms with van der Waals surface area (Å²) in [5.74, 6) is -1.00. The Morgan fingerprint density at radius 2 is 1.43 bits per heavy atom. The summed E-state index contributed by atoms with van der Waals surface area (Å²) in [6.45, 7) is 3.44. The molecular formula is C18H14N6O6. The van der Waals surface area contributed by atoms with E-state index in [1.807, 2.05) is 0 Å². The molecule has 1 aromatic heterocycles. The molecule has 3 aromatic rings. The number of nitro groups is 2. The Morgan fingerprint density at radius 1 is 0.933 bits per heavy atom. The van der Waals surface area contributed by atoms with Crippen LogP contribution in [-0.4, -0.2) is 36.8 Å². The number of nitro benzene ring substituents is 2. The second-order valence-electron chi connectivity index (χ2n) is 6.05. The van der Waals surface area contributed by atoms with Crippen LogP contribution in [0.15, 0.2) is 53.6 Å². The summed E-state index contributed by atoms with van der Waals surface area (Å²) in [7, 11) is 0. The fourth-order valence-corrected chi connectivity index (χ4v) is 2.30. The zero-order valence-electron chi connectivity index (χ0n) is 15.8. The Labute approximate surface area is 168 Å². The zero-order valence-corrected chi connectivity index (χ0v) is 15.8. The van der Waals surface area contributed by atoms with E-state index in [1.165, 1.54) is 48.5 Å². The SMILES string of the molecule is Cc1nnn(/N=C(\OC(=O)c2ccc([N+](=O)[O-])cc2)c2ccc([N+](=O)[O-])cc2)c1C. The lowest BCUT2D eigenvalue weighted by molar-refractivity contribution is -0.385. The van der Waals surface area contributed by atoms with E-state index in [9.17, 15) is 25.0 Å². The van der Waals surface area contributed by atoms with Gasteiger partial charge >= 0.3 is 5.97 Å². The summed E-state index contributed by atoms with van der Waals surface area (Å²) in [6.07, 6.45) is 0. The fourth-order valence-electron chi connectivity index (χ4n) is 2.30. The molecule has 12 heteroatoms. The lowest BCUT2D eigenvalue weighted by atomic mass is 10.2. The highest BCUT2D eigenvalue weighted by Crippen LogP contribution is 2.16. The Kier molecular flexibility index (Phi) is 5.58. The number of nitrogens with zero attached hydrogens (tertiary/aromatic N) is 6. The van der Waals surface area contributed by atoms with Gasteiger partial charge in [0.15, 0.2) is 0 Å². The van der Waals surface area contributed by atoms with Gasteiger partial charge in [-0.1, -0.05) is 0 Å². The molecule has 0 bridgehead atoms. The van der Waals surface area contributed by atoms with Gasteiger partial charge in [0.1, 0.15) is 0 Å². The van der Waals surface area contributed by atoms with Crippen LogP contribution in [0.3, 0.4) is 0 Å². The van der Waals surface area contributed by atoms with Crippen LogP contribution in [0.2, 0.25) is 0 Å². The van der Waals surface area contributed by atoms with E-state index >= 15 is 0 Å². The maximum atomic E-state index is 12.5. The molecule has 2 aromatic carbocycles. The van der Waals surface area contributed by atoms with E-state index < -0.39 is 15.8 Å². The van der Waals surface area contributed by atoms with Crippen molar-refractivity contribution in [2.75, 3.05) is 0 Å². The predicted molar refractivity (Wildman–Crippen MR) is 103 cm³/mol. The number of aromatic nitrogens is 3. The van der Waals surface area contributed by atoms with Gasteiger partial charge in [-0.25, -0.2) is 4.79 Å². The van der Waals surface area contributed by atoms with Crippen LogP contribution in [0.4, 0.5) is 11.4 Å². The first kappa shape index (κ1) is 20.3. The number of aryl methyl sites for hydroxylation is 1. The Morgan fingerprint density at radius 3 is 1.87 bits per heavy atom. The number of hydrogen-bond donors (Lipinski definition) is 0. The molecule has 1 heterocycles. The molecule has 152 valence electrons. The van der Waals surface area contributed by atoms with Crippen molar-refractivity contribution in [1.82, 2.24) is 15.1 Å². The van der Waals surface area contributed by atoms with Gasteiger partial charge in [0.25, 0.3) is 11.4 Å². The van der Waals surface area contributed by atoms with Crippen molar-refractivity contribution in [1.29, 1.82) is 0 Å². The van der Waals surface area contributed by atoms with Gasteiger partial charge in [0.2, 0.25) is 5.90 Å². The van der Waals surface area contributed by atoms with Gasteiger partial charge in [-0.2, -0.15) is 0 Å². The standard InChI is InChI=1S/C18H14N6O6/c1-11-12(2)22(21-19-11)20-17(13-3-7-15(8-4-13)23(26)27)30-18(25)14-5-9-16(10-6-14)24(28)29/h3-10H,1-2H3/b20-17-. The second-order valence-corrected chi connectivity index (χ2v) is 6.05. The van der Waals surface area contributed by atoms with E-state index in [2.05, 4.69) is 15.4 Å². The normalized spacial score (nSPS) is 11.2. The Bertz CT molecular complexity index is 1150. The smallest absolute Gasteiger partial charge is 0.344 e. The molecule has 0 fully saturated rings. The summed E-state index contributed by atoms with van der Waals surface area (Å²) in [5, 5.41) is 33.5. The first-order valence-corrected chi connectivity index (χ1v) is 8.45. The van der Waals surface area contributed by atoms with Crippen molar-refractivity contribution >= 4 is 23.2 Å². The van der Waals surface area contributed by atoms with Crippen molar-refractivity contribution in [3.05, 3.63) is 91.3 Å². The maximum absolute atomic E-state index is 12.5. The summed E-state index contributed by atoms with van der Waals surface area (Å²) < 4.78 is 5.37. The van der Waals surface area contributed by atoms with Crippen LogP contribution in [0, 0.1) is 34.1 Å². The number of esters is 1. The summed E-state index contributed by atoms with van der Waals surface area (Å²) >= 11 is 0. The van der Waals surface area contributed by atoms with E-state index in [-0.39, 0.29) is 28.4 Å². The molecule has 0 N–H and O–H groups in total. The first-order chi connectivity index (χ1) is 14.3. The van der Waals surface area contributed by atoms with Crippen molar-refractivity contribution in [2.45, 2.75) is 13.8 Å². The topological polar surface area (TPSA) is 156 Å². The second kappa shape index (κ2) is 8.26. The molecule has 3 rings (SSSR count). The third kappa shape index (κ3) is 4.32. The van der Waals surface area contributed by atoms with Crippen LogP contribution in [-0.2, 0) is 4.74 Å². The molecule has 0 aliphatic carbocycles. The number of non-ortho nitro benzene ring substituents is 2. The summed E-state index contributed by atoms with van der Waals surface area (Å²) in [5.41, 5.74) is 1.23. The average molecular weight is 410 g/mol.